The van der Waals surface area contributed by atoms with E-state index in [-0.39, 0.29) is 0 Å². The van der Waals surface area contributed by atoms with Gasteiger partial charge in [-0.15, -0.1) is 0 Å². The molecule has 1 aliphatic rings. The summed E-state index contributed by atoms with van der Waals surface area (Å²) in [4.78, 5) is 0. The van der Waals surface area contributed by atoms with E-state index in [2.05, 4.69) is 23.5 Å². The topological polar surface area (TPSA) is 45.0 Å². The zero-order chi connectivity index (χ0) is 10.5. The highest BCUT2D eigenvalue weighted by Gasteiger charge is 2.11. The summed E-state index contributed by atoms with van der Waals surface area (Å²) in [5.41, 5.74) is 2.56. The van der Waals surface area contributed by atoms with E-state index in [1.165, 1.54) is 11.1 Å². The van der Waals surface area contributed by atoms with Crippen molar-refractivity contribution in [3.05, 3.63) is 29.3 Å². The third kappa shape index (κ3) is 2.48. The van der Waals surface area contributed by atoms with Crippen LogP contribution < -0.4 is 10.1 Å². The Morgan fingerprint density at radius 1 is 1.47 bits per heavy atom. The van der Waals surface area contributed by atoms with Crippen molar-refractivity contribution >= 4 is 0 Å². The Morgan fingerprint density at radius 3 is 3.27 bits per heavy atom. The predicted octanol–water partition coefficient (Wildman–Crippen LogP) is 1.62. The van der Waals surface area contributed by atoms with Gasteiger partial charge in [0.15, 0.2) is 0 Å². The molecule has 0 spiro atoms. The maximum atomic E-state index is 8.38. The molecule has 15 heavy (non-hydrogen) atoms. The van der Waals surface area contributed by atoms with Crippen molar-refractivity contribution in [1.82, 2.24) is 5.32 Å². The average molecular weight is 202 g/mol. The van der Waals surface area contributed by atoms with Gasteiger partial charge < -0.3 is 10.1 Å². The number of ether oxygens (including phenoxy) is 1. The fourth-order valence-corrected chi connectivity index (χ4v) is 1.73. The molecule has 1 aromatic carbocycles. The highest BCUT2D eigenvalue weighted by atomic mass is 16.5. The van der Waals surface area contributed by atoms with Crippen molar-refractivity contribution in [2.75, 3.05) is 13.2 Å². The van der Waals surface area contributed by atoms with Crippen LogP contribution in [0.4, 0.5) is 0 Å². The lowest BCUT2D eigenvalue weighted by Crippen LogP contribution is -2.14. The number of hydrogen-bond donors (Lipinski definition) is 1. The molecule has 0 amide bonds. The van der Waals surface area contributed by atoms with Gasteiger partial charge in [-0.05, 0) is 17.2 Å². The number of benzene rings is 1. The second-order valence-electron chi connectivity index (χ2n) is 3.63. The van der Waals surface area contributed by atoms with Crippen LogP contribution in [0, 0.1) is 11.3 Å². The fraction of sp³-hybridized carbons (Fsp3) is 0.417. The predicted molar refractivity (Wildman–Crippen MR) is 57.6 cm³/mol. The maximum Gasteiger partial charge on any atom is 0.122 e. The van der Waals surface area contributed by atoms with Crippen LogP contribution in [0.5, 0.6) is 5.75 Å². The molecule has 1 aliphatic heterocycles. The molecule has 0 aliphatic carbocycles. The van der Waals surface area contributed by atoms with Crippen LogP contribution in [-0.4, -0.2) is 13.2 Å². The maximum absolute atomic E-state index is 8.38. The van der Waals surface area contributed by atoms with Crippen LogP contribution in [0.1, 0.15) is 17.5 Å². The lowest BCUT2D eigenvalue weighted by atomic mass is 10.1. The highest BCUT2D eigenvalue weighted by Crippen LogP contribution is 2.25. The van der Waals surface area contributed by atoms with E-state index in [0.717, 1.165) is 31.9 Å². The van der Waals surface area contributed by atoms with Crippen molar-refractivity contribution in [3.63, 3.8) is 0 Å². The van der Waals surface area contributed by atoms with E-state index in [1.54, 1.807) is 0 Å². The Labute approximate surface area is 89.7 Å². The molecular weight excluding hydrogens is 188 g/mol. The molecule has 0 atom stereocenters. The van der Waals surface area contributed by atoms with Crippen molar-refractivity contribution in [2.24, 2.45) is 0 Å². The minimum absolute atomic E-state index is 0.564. The van der Waals surface area contributed by atoms with Gasteiger partial charge in [0.2, 0.25) is 0 Å². The first-order valence-electron chi connectivity index (χ1n) is 5.22. The normalized spacial score (nSPS) is 13.0. The molecular formula is C12H14N2O. The summed E-state index contributed by atoms with van der Waals surface area (Å²) in [6.07, 6.45) is 1.58. The van der Waals surface area contributed by atoms with E-state index in [0.29, 0.717) is 6.42 Å². The summed E-state index contributed by atoms with van der Waals surface area (Å²) in [6, 6.07) is 8.40. The van der Waals surface area contributed by atoms with Gasteiger partial charge in [-0.3, -0.25) is 0 Å². The summed E-state index contributed by atoms with van der Waals surface area (Å²) in [5.74, 6) is 1.02. The lowest BCUT2D eigenvalue weighted by Gasteiger charge is -2.04. The second-order valence-corrected chi connectivity index (χ2v) is 3.63. The second kappa shape index (κ2) is 4.81. The number of nitriles is 1. The molecule has 0 radical (unpaired) electrons. The van der Waals surface area contributed by atoms with E-state index in [9.17, 15) is 0 Å². The highest BCUT2D eigenvalue weighted by molar-refractivity contribution is 5.39. The first kappa shape index (κ1) is 10.0. The molecule has 3 heteroatoms. The average Bonchev–Trinajstić information content (AvgIpc) is 2.71. The van der Waals surface area contributed by atoms with Gasteiger partial charge >= 0.3 is 0 Å². The Balaban J connectivity index is 1.90. The molecule has 1 aromatic rings. The third-order valence-corrected chi connectivity index (χ3v) is 2.50. The zero-order valence-electron chi connectivity index (χ0n) is 8.62. The van der Waals surface area contributed by atoms with Crippen molar-refractivity contribution in [2.45, 2.75) is 19.4 Å². The van der Waals surface area contributed by atoms with E-state index in [1.807, 2.05) is 6.07 Å². The van der Waals surface area contributed by atoms with Gasteiger partial charge in [0.1, 0.15) is 5.75 Å². The molecule has 1 heterocycles. The van der Waals surface area contributed by atoms with E-state index in [4.69, 9.17) is 10.00 Å². The summed E-state index contributed by atoms with van der Waals surface area (Å²) >= 11 is 0. The number of nitrogens with zero attached hydrogens (tertiary/aromatic N) is 1. The first-order chi connectivity index (χ1) is 7.40. The molecule has 0 unspecified atom stereocenters. The van der Waals surface area contributed by atoms with Gasteiger partial charge in [-0.25, -0.2) is 0 Å². The molecule has 3 nitrogen and oxygen atoms in total. The molecule has 78 valence electrons. The first-order valence-corrected chi connectivity index (χ1v) is 5.22. The van der Waals surface area contributed by atoms with E-state index >= 15 is 0 Å². The third-order valence-electron chi connectivity index (χ3n) is 2.50. The lowest BCUT2D eigenvalue weighted by molar-refractivity contribution is 0.357. The van der Waals surface area contributed by atoms with E-state index < -0.39 is 0 Å². The summed E-state index contributed by atoms with van der Waals surface area (Å²) < 4.78 is 5.43. The summed E-state index contributed by atoms with van der Waals surface area (Å²) in [5, 5.41) is 11.6. The Bertz CT molecular complexity index is 382. The minimum Gasteiger partial charge on any atom is -0.493 e. The quantitative estimate of drug-likeness (QED) is 0.755. The zero-order valence-corrected chi connectivity index (χ0v) is 8.62. The SMILES string of the molecule is N#CCCNCc1ccc2c(c1)CCO2. The van der Waals surface area contributed by atoms with Gasteiger partial charge in [-0.1, -0.05) is 12.1 Å². The number of hydrogen-bond acceptors (Lipinski definition) is 3. The largest absolute Gasteiger partial charge is 0.493 e. The van der Waals surface area contributed by atoms with Crippen LogP contribution in [-0.2, 0) is 13.0 Å². The molecule has 0 bridgehead atoms. The number of fused-ring (bicyclic) bond motifs is 1. The van der Waals surface area contributed by atoms with Crippen LogP contribution in [0.2, 0.25) is 0 Å². The molecule has 2 rings (SSSR count). The van der Waals surface area contributed by atoms with Gasteiger partial charge in [-0.2, -0.15) is 5.26 Å². The molecule has 0 saturated carbocycles. The van der Waals surface area contributed by atoms with Crippen molar-refractivity contribution in [3.8, 4) is 11.8 Å². The monoisotopic (exact) mass is 202 g/mol. The van der Waals surface area contributed by atoms with Crippen LogP contribution in [0.3, 0.4) is 0 Å². The van der Waals surface area contributed by atoms with Gasteiger partial charge in [0.25, 0.3) is 0 Å². The Morgan fingerprint density at radius 2 is 2.40 bits per heavy atom. The van der Waals surface area contributed by atoms with Crippen LogP contribution in [0.25, 0.3) is 0 Å². The summed E-state index contributed by atoms with van der Waals surface area (Å²) in [6.45, 7) is 2.39. The number of nitrogens with one attached hydrogen (secondary N) is 1. The Hall–Kier alpha value is -1.53. The van der Waals surface area contributed by atoms with Gasteiger partial charge in [0.05, 0.1) is 12.7 Å². The van der Waals surface area contributed by atoms with Crippen LogP contribution in [0.15, 0.2) is 18.2 Å². The standard InChI is InChI=1S/C12H14N2O/c13-5-1-6-14-9-10-2-3-12-11(8-10)4-7-15-12/h2-3,8,14H,1,4,6-7,9H2. The Kier molecular flexibility index (Phi) is 3.21. The number of rotatable bonds is 4. The van der Waals surface area contributed by atoms with Gasteiger partial charge in [0, 0.05) is 25.9 Å². The van der Waals surface area contributed by atoms with Crippen molar-refractivity contribution < 1.29 is 4.74 Å². The van der Waals surface area contributed by atoms with Crippen molar-refractivity contribution in [1.29, 1.82) is 5.26 Å². The molecule has 1 N–H and O–H groups in total. The van der Waals surface area contributed by atoms with Crippen LogP contribution >= 0.6 is 0 Å². The fourth-order valence-electron chi connectivity index (χ4n) is 1.73. The minimum atomic E-state index is 0.564. The smallest absolute Gasteiger partial charge is 0.122 e. The molecule has 0 saturated heterocycles. The summed E-state index contributed by atoms with van der Waals surface area (Å²) in [7, 11) is 0. The molecule has 0 aromatic heterocycles. The molecule has 0 fully saturated rings.